The third-order valence-electron chi connectivity index (χ3n) is 2.11. The molecule has 1 N–H and O–H groups in total. The van der Waals surface area contributed by atoms with Crippen LogP contribution in [0.25, 0.3) is 11.2 Å². The van der Waals surface area contributed by atoms with Gasteiger partial charge >= 0.3 is 5.00 Å². The number of pyridine rings is 1. The second-order valence-electron chi connectivity index (χ2n) is 3.27. The van der Waals surface area contributed by atoms with Crippen LogP contribution in [0.1, 0.15) is 0 Å². The van der Waals surface area contributed by atoms with E-state index < -0.39 is 4.92 Å². The summed E-state index contributed by atoms with van der Waals surface area (Å²) in [5.41, 5.74) is 1.47. The molecule has 0 aliphatic carbocycles. The molecular weight excluding hydrogens is 274 g/mol. The van der Waals surface area contributed by atoms with Crippen LogP contribution in [0, 0.1) is 10.1 Å². The van der Waals surface area contributed by atoms with E-state index in [0.29, 0.717) is 9.99 Å². The molecule has 0 atom stereocenters. The zero-order chi connectivity index (χ0) is 12.5. The molecule has 0 aliphatic heterocycles. The van der Waals surface area contributed by atoms with Crippen LogP contribution in [0.2, 0.25) is 0 Å². The molecule has 18 heavy (non-hydrogen) atoms. The fourth-order valence-electron chi connectivity index (χ4n) is 1.35. The van der Waals surface area contributed by atoms with E-state index in [0.717, 1.165) is 21.7 Å². The second kappa shape index (κ2) is 4.35. The Labute approximate surface area is 108 Å². The van der Waals surface area contributed by atoms with Gasteiger partial charge in [0.1, 0.15) is 6.20 Å². The molecule has 0 spiro atoms. The van der Waals surface area contributed by atoms with Crippen LogP contribution in [0.5, 0.6) is 0 Å². The lowest BCUT2D eigenvalue weighted by atomic mass is 10.4. The van der Waals surface area contributed by atoms with Gasteiger partial charge in [-0.3, -0.25) is 10.1 Å². The zero-order valence-corrected chi connectivity index (χ0v) is 10.4. The van der Waals surface area contributed by atoms with Crippen LogP contribution in [-0.4, -0.2) is 24.9 Å². The highest BCUT2D eigenvalue weighted by Gasteiger charge is 2.12. The van der Waals surface area contributed by atoms with Gasteiger partial charge in [0.25, 0.3) is 0 Å². The Kier molecular flexibility index (Phi) is 2.68. The average molecular weight is 279 g/mol. The van der Waals surface area contributed by atoms with E-state index in [9.17, 15) is 10.1 Å². The summed E-state index contributed by atoms with van der Waals surface area (Å²) in [6, 6.07) is 1.88. The van der Waals surface area contributed by atoms with E-state index in [1.54, 1.807) is 12.5 Å². The average Bonchev–Trinajstić information content (AvgIpc) is 2.96. The number of H-pyrrole nitrogens is 1. The summed E-state index contributed by atoms with van der Waals surface area (Å²) in [6.07, 6.45) is 4.50. The number of aromatic nitrogens is 4. The summed E-state index contributed by atoms with van der Waals surface area (Å²) in [5.74, 6) is 0. The number of nitro groups is 1. The maximum atomic E-state index is 10.5. The molecule has 7 nitrogen and oxygen atoms in total. The zero-order valence-electron chi connectivity index (χ0n) is 8.73. The normalized spacial score (nSPS) is 10.9. The number of rotatable bonds is 3. The SMILES string of the molecule is O=[N+]([O-])c1cnc(Sc2cnc3nc[nH]c3c2)s1. The van der Waals surface area contributed by atoms with Crippen LogP contribution in [0.15, 0.2) is 34.0 Å². The van der Waals surface area contributed by atoms with Crippen molar-refractivity contribution in [3.63, 3.8) is 0 Å². The van der Waals surface area contributed by atoms with E-state index >= 15 is 0 Å². The maximum absolute atomic E-state index is 10.5. The van der Waals surface area contributed by atoms with Crippen molar-refractivity contribution in [3.05, 3.63) is 34.9 Å². The molecule has 0 radical (unpaired) electrons. The van der Waals surface area contributed by atoms with Gasteiger partial charge in [0.05, 0.1) is 16.8 Å². The van der Waals surface area contributed by atoms with Crippen LogP contribution in [-0.2, 0) is 0 Å². The van der Waals surface area contributed by atoms with E-state index in [4.69, 9.17) is 0 Å². The molecule has 0 aromatic carbocycles. The Balaban J connectivity index is 1.88. The second-order valence-corrected chi connectivity index (χ2v) is 5.60. The van der Waals surface area contributed by atoms with Gasteiger partial charge in [0, 0.05) is 11.1 Å². The van der Waals surface area contributed by atoms with Crippen molar-refractivity contribution in [1.29, 1.82) is 0 Å². The smallest absolute Gasteiger partial charge is 0.343 e. The van der Waals surface area contributed by atoms with Crippen molar-refractivity contribution >= 4 is 39.3 Å². The number of hydrogen-bond donors (Lipinski definition) is 1. The van der Waals surface area contributed by atoms with Gasteiger partial charge < -0.3 is 4.98 Å². The molecule has 9 heteroatoms. The van der Waals surface area contributed by atoms with Crippen molar-refractivity contribution < 1.29 is 4.92 Å². The summed E-state index contributed by atoms with van der Waals surface area (Å²) in [5, 5.41) is 10.6. The van der Waals surface area contributed by atoms with Gasteiger partial charge in [-0.25, -0.2) is 15.0 Å². The number of nitrogens with zero attached hydrogens (tertiary/aromatic N) is 4. The molecule has 90 valence electrons. The van der Waals surface area contributed by atoms with Crippen LogP contribution in [0.4, 0.5) is 5.00 Å². The highest BCUT2D eigenvalue weighted by molar-refractivity contribution is 8.01. The Morgan fingerprint density at radius 2 is 2.22 bits per heavy atom. The van der Waals surface area contributed by atoms with E-state index in [1.165, 1.54) is 18.0 Å². The molecule has 3 aromatic heterocycles. The number of hydrogen-bond acceptors (Lipinski definition) is 7. The monoisotopic (exact) mass is 279 g/mol. The van der Waals surface area contributed by atoms with Crippen LogP contribution >= 0.6 is 23.1 Å². The summed E-state index contributed by atoms with van der Waals surface area (Å²) in [6.45, 7) is 0. The van der Waals surface area contributed by atoms with E-state index in [-0.39, 0.29) is 5.00 Å². The van der Waals surface area contributed by atoms with E-state index in [1.807, 2.05) is 6.07 Å². The first kappa shape index (κ1) is 11.1. The molecule has 3 rings (SSSR count). The predicted molar refractivity (Wildman–Crippen MR) is 66.8 cm³/mol. The molecule has 0 aliphatic rings. The van der Waals surface area contributed by atoms with Gasteiger partial charge in [-0.05, 0) is 17.4 Å². The minimum atomic E-state index is -0.446. The third kappa shape index (κ3) is 2.05. The topological polar surface area (TPSA) is 97.6 Å². The Morgan fingerprint density at radius 1 is 1.33 bits per heavy atom. The summed E-state index contributed by atoms with van der Waals surface area (Å²) < 4.78 is 0.613. The maximum Gasteiger partial charge on any atom is 0.344 e. The minimum absolute atomic E-state index is 0.0353. The molecule has 0 saturated heterocycles. The van der Waals surface area contributed by atoms with Crippen molar-refractivity contribution in [1.82, 2.24) is 19.9 Å². The molecule has 0 bridgehead atoms. The lowest BCUT2D eigenvalue weighted by Crippen LogP contribution is -1.80. The quantitative estimate of drug-likeness (QED) is 0.584. The fourth-order valence-corrected chi connectivity index (χ4v) is 3.11. The lowest BCUT2D eigenvalue weighted by molar-refractivity contribution is -0.380. The Bertz CT molecular complexity index is 722. The molecule has 3 aromatic rings. The molecule has 0 saturated carbocycles. The molecule has 0 fully saturated rings. The summed E-state index contributed by atoms with van der Waals surface area (Å²) in [4.78, 5) is 26.1. The molecular formula is C9H5N5O2S2. The number of aromatic amines is 1. The third-order valence-corrected chi connectivity index (χ3v) is 4.09. The van der Waals surface area contributed by atoms with Crippen molar-refractivity contribution in [2.45, 2.75) is 9.24 Å². The first-order valence-electron chi connectivity index (χ1n) is 4.79. The van der Waals surface area contributed by atoms with Gasteiger partial charge in [-0.15, -0.1) is 0 Å². The Hall–Kier alpha value is -2.00. The summed E-state index contributed by atoms with van der Waals surface area (Å²) >= 11 is 2.38. The van der Waals surface area contributed by atoms with Gasteiger partial charge in [-0.1, -0.05) is 11.8 Å². The van der Waals surface area contributed by atoms with Crippen LogP contribution in [0.3, 0.4) is 0 Å². The number of nitrogens with one attached hydrogen (secondary N) is 1. The highest BCUT2D eigenvalue weighted by Crippen LogP contribution is 2.34. The molecule has 0 amide bonds. The predicted octanol–water partition coefficient (Wildman–Crippen LogP) is 2.47. The number of thiazole rings is 1. The van der Waals surface area contributed by atoms with Crippen molar-refractivity contribution in [2.24, 2.45) is 0 Å². The number of fused-ring (bicyclic) bond motifs is 1. The lowest BCUT2D eigenvalue weighted by Gasteiger charge is -1.95. The first-order chi connectivity index (χ1) is 8.72. The minimum Gasteiger partial charge on any atom is -0.343 e. The summed E-state index contributed by atoms with van der Waals surface area (Å²) in [7, 11) is 0. The highest BCUT2D eigenvalue weighted by atomic mass is 32.2. The molecule has 3 heterocycles. The van der Waals surface area contributed by atoms with E-state index in [2.05, 4.69) is 19.9 Å². The van der Waals surface area contributed by atoms with Gasteiger partial charge in [0.2, 0.25) is 0 Å². The Morgan fingerprint density at radius 3 is 3.00 bits per heavy atom. The fraction of sp³-hybridized carbons (Fsp3) is 0. The standard InChI is InChI=1S/C9H5N5O2S2/c15-14(16)7-3-11-9(18-7)17-5-1-6-8(10-2-5)13-4-12-6/h1-4H,(H,10,12,13). The van der Waals surface area contributed by atoms with Gasteiger partial charge in [-0.2, -0.15) is 0 Å². The van der Waals surface area contributed by atoms with Crippen LogP contribution < -0.4 is 0 Å². The van der Waals surface area contributed by atoms with Crippen molar-refractivity contribution in [3.8, 4) is 0 Å². The van der Waals surface area contributed by atoms with Gasteiger partial charge in [0.15, 0.2) is 9.99 Å². The molecule has 0 unspecified atom stereocenters. The van der Waals surface area contributed by atoms with Crippen molar-refractivity contribution in [2.75, 3.05) is 0 Å². The first-order valence-corrected chi connectivity index (χ1v) is 6.43. The largest absolute Gasteiger partial charge is 0.344 e. The number of imidazole rings is 1.